The molecule has 1 fully saturated rings. The summed E-state index contributed by atoms with van der Waals surface area (Å²) in [5.74, 6) is -1.80. The highest BCUT2D eigenvalue weighted by Crippen LogP contribution is 2.33. The van der Waals surface area contributed by atoms with Crippen LogP contribution in [0.25, 0.3) is 0 Å². The van der Waals surface area contributed by atoms with Gasteiger partial charge in [-0.25, -0.2) is 4.89 Å². The van der Waals surface area contributed by atoms with Gasteiger partial charge in [-0.1, -0.05) is 60.7 Å². The largest absolute Gasteiger partial charge is 0.335 e. The molecule has 1 unspecified atom stereocenters. The second-order valence-corrected chi connectivity index (χ2v) is 4.43. The Morgan fingerprint density at radius 2 is 1.55 bits per heavy atom. The first kappa shape index (κ1) is 13.0. The van der Waals surface area contributed by atoms with Crippen molar-refractivity contribution in [3.8, 4) is 0 Å². The predicted molar refractivity (Wildman–Crippen MR) is 71.9 cm³/mol. The van der Waals surface area contributed by atoms with Crippen LogP contribution in [0.4, 0.5) is 0 Å². The molecule has 1 aliphatic rings. The Kier molecular flexibility index (Phi) is 3.60. The highest BCUT2D eigenvalue weighted by atomic mass is 17.2. The normalized spacial score (nSPS) is 22.4. The van der Waals surface area contributed by atoms with Gasteiger partial charge in [-0.05, 0) is 0 Å². The van der Waals surface area contributed by atoms with Gasteiger partial charge in [0.1, 0.15) is 6.61 Å². The van der Waals surface area contributed by atoms with Gasteiger partial charge >= 0.3 is 0 Å². The molecule has 2 aromatic carbocycles. The number of carbonyl (C=O) groups excluding carboxylic acids is 1. The van der Waals surface area contributed by atoms with E-state index in [0.29, 0.717) is 24.3 Å². The van der Waals surface area contributed by atoms with Gasteiger partial charge in [0.15, 0.2) is 0 Å². The lowest BCUT2D eigenvalue weighted by Gasteiger charge is -2.34. The van der Waals surface area contributed by atoms with Crippen molar-refractivity contribution in [1.82, 2.24) is 0 Å². The summed E-state index contributed by atoms with van der Waals surface area (Å²) in [5.41, 5.74) is 1.13. The van der Waals surface area contributed by atoms with E-state index >= 15 is 0 Å². The highest BCUT2D eigenvalue weighted by Gasteiger charge is 2.46. The standard InChI is InChI=1S/C16H14O4/c17-15(13-7-3-1-4-8-13)16(18-11-12-19-20-16)14-9-5-2-6-10-14/h1-10H,11-12H2. The number of Topliss-reactive ketones (excluding diaryl/α,β-unsaturated/α-hetero) is 1. The molecule has 20 heavy (non-hydrogen) atoms. The van der Waals surface area contributed by atoms with Crippen molar-refractivity contribution < 1.29 is 19.3 Å². The molecule has 1 saturated heterocycles. The molecule has 2 aromatic rings. The maximum absolute atomic E-state index is 12.8. The summed E-state index contributed by atoms with van der Waals surface area (Å²) >= 11 is 0. The minimum absolute atomic E-state index is 0.274. The summed E-state index contributed by atoms with van der Waals surface area (Å²) in [6, 6.07) is 18.0. The summed E-state index contributed by atoms with van der Waals surface area (Å²) in [5, 5.41) is 0. The van der Waals surface area contributed by atoms with Crippen LogP contribution in [0.15, 0.2) is 60.7 Å². The van der Waals surface area contributed by atoms with Crippen molar-refractivity contribution in [3.05, 3.63) is 71.8 Å². The molecule has 0 N–H and O–H groups in total. The lowest BCUT2D eigenvalue weighted by molar-refractivity contribution is -0.451. The predicted octanol–water partition coefficient (Wildman–Crippen LogP) is 2.70. The third-order valence-electron chi connectivity index (χ3n) is 3.14. The average molecular weight is 270 g/mol. The Labute approximate surface area is 116 Å². The number of ketones is 1. The molecule has 0 bridgehead atoms. The van der Waals surface area contributed by atoms with Crippen molar-refractivity contribution in [2.45, 2.75) is 5.79 Å². The van der Waals surface area contributed by atoms with Crippen molar-refractivity contribution in [2.24, 2.45) is 0 Å². The van der Waals surface area contributed by atoms with E-state index in [-0.39, 0.29) is 5.78 Å². The van der Waals surface area contributed by atoms with Crippen LogP contribution < -0.4 is 0 Å². The van der Waals surface area contributed by atoms with Crippen molar-refractivity contribution in [3.63, 3.8) is 0 Å². The van der Waals surface area contributed by atoms with Crippen LogP contribution in [-0.4, -0.2) is 19.0 Å². The quantitative estimate of drug-likeness (QED) is 0.635. The van der Waals surface area contributed by atoms with Gasteiger partial charge in [0.25, 0.3) is 5.79 Å². The summed E-state index contributed by atoms with van der Waals surface area (Å²) < 4.78 is 5.67. The molecule has 3 rings (SSSR count). The molecular formula is C16H14O4. The third kappa shape index (κ3) is 2.25. The molecule has 1 heterocycles. The lowest BCUT2D eigenvalue weighted by atomic mass is 9.96. The van der Waals surface area contributed by atoms with Crippen LogP contribution in [0.1, 0.15) is 15.9 Å². The van der Waals surface area contributed by atoms with E-state index in [9.17, 15) is 4.79 Å². The summed E-state index contributed by atoms with van der Waals surface area (Å²) in [6.07, 6.45) is 0. The second-order valence-electron chi connectivity index (χ2n) is 4.43. The van der Waals surface area contributed by atoms with Crippen LogP contribution in [0.2, 0.25) is 0 Å². The number of rotatable bonds is 3. The first-order valence-electron chi connectivity index (χ1n) is 6.43. The van der Waals surface area contributed by atoms with Gasteiger partial charge in [0.05, 0.1) is 6.61 Å². The molecule has 102 valence electrons. The highest BCUT2D eigenvalue weighted by molar-refractivity contribution is 6.02. The topological polar surface area (TPSA) is 44.8 Å². The van der Waals surface area contributed by atoms with Crippen molar-refractivity contribution in [1.29, 1.82) is 0 Å². The number of ether oxygens (including phenoxy) is 1. The Bertz CT molecular complexity index is 574. The van der Waals surface area contributed by atoms with E-state index < -0.39 is 5.79 Å². The molecular weight excluding hydrogens is 256 g/mol. The molecule has 0 spiro atoms. The minimum atomic E-state index is -1.53. The zero-order valence-corrected chi connectivity index (χ0v) is 10.8. The Morgan fingerprint density at radius 1 is 0.900 bits per heavy atom. The monoisotopic (exact) mass is 270 g/mol. The van der Waals surface area contributed by atoms with Gasteiger partial charge in [-0.2, -0.15) is 4.89 Å². The first-order chi connectivity index (χ1) is 9.83. The van der Waals surface area contributed by atoms with E-state index in [0.717, 1.165) is 0 Å². The molecule has 0 amide bonds. The Hall–Kier alpha value is -2.01. The molecule has 1 atom stereocenters. The molecule has 0 aromatic heterocycles. The Morgan fingerprint density at radius 3 is 2.15 bits per heavy atom. The Balaban J connectivity index is 2.05. The fraction of sp³-hybridized carbons (Fsp3) is 0.188. The minimum Gasteiger partial charge on any atom is -0.335 e. The zero-order chi connectivity index (χ0) is 13.8. The summed E-state index contributed by atoms with van der Waals surface area (Å²) in [4.78, 5) is 23.1. The maximum Gasteiger partial charge on any atom is 0.291 e. The van der Waals surface area contributed by atoms with Crippen molar-refractivity contribution in [2.75, 3.05) is 13.2 Å². The average Bonchev–Trinajstić information content (AvgIpc) is 2.56. The van der Waals surface area contributed by atoms with Crippen LogP contribution >= 0.6 is 0 Å². The number of carbonyl (C=O) groups is 1. The number of benzene rings is 2. The fourth-order valence-electron chi connectivity index (χ4n) is 2.17. The number of hydrogen-bond donors (Lipinski definition) is 0. The van der Waals surface area contributed by atoms with Crippen LogP contribution in [0.5, 0.6) is 0 Å². The molecule has 4 nitrogen and oxygen atoms in total. The van der Waals surface area contributed by atoms with E-state index in [1.54, 1.807) is 36.4 Å². The van der Waals surface area contributed by atoms with Gasteiger partial charge in [0.2, 0.25) is 5.78 Å². The molecule has 1 aliphatic heterocycles. The number of hydrogen-bond acceptors (Lipinski definition) is 4. The van der Waals surface area contributed by atoms with Crippen molar-refractivity contribution >= 4 is 5.78 Å². The summed E-state index contributed by atoms with van der Waals surface area (Å²) in [6.45, 7) is 0.601. The molecule has 0 radical (unpaired) electrons. The van der Waals surface area contributed by atoms with Gasteiger partial charge < -0.3 is 4.74 Å². The maximum atomic E-state index is 12.8. The van der Waals surface area contributed by atoms with E-state index in [4.69, 9.17) is 14.5 Å². The SMILES string of the molecule is O=C(c1ccccc1)C1(c2ccccc2)OCCOO1. The van der Waals surface area contributed by atoms with Gasteiger partial charge in [0, 0.05) is 11.1 Å². The molecule has 4 heteroatoms. The lowest BCUT2D eigenvalue weighted by Crippen LogP contribution is -2.45. The molecule has 0 saturated carbocycles. The van der Waals surface area contributed by atoms with Crippen LogP contribution in [0, 0.1) is 0 Å². The van der Waals surface area contributed by atoms with E-state index in [2.05, 4.69) is 0 Å². The first-order valence-corrected chi connectivity index (χ1v) is 6.43. The third-order valence-corrected chi connectivity index (χ3v) is 3.14. The van der Waals surface area contributed by atoms with Gasteiger partial charge in [-0.15, -0.1) is 0 Å². The van der Waals surface area contributed by atoms with Crippen LogP contribution in [0.3, 0.4) is 0 Å². The summed E-state index contributed by atoms with van der Waals surface area (Å²) in [7, 11) is 0. The second kappa shape index (κ2) is 5.54. The smallest absolute Gasteiger partial charge is 0.291 e. The van der Waals surface area contributed by atoms with E-state index in [1.807, 2.05) is 24.3 Å². The zero-order valence-electron chi connectivity index (χ0n) is 10.8. The van der Waals surface area contributed by atoms with Crippen LogP contribution in [-0.2, 0) is 20.3 Å². The molecule has 0 aliphatic carbocycles. The van der Waals surface area contributed by atoms with E-state index in [1.165, 1.54) is 0 Å². The van der Waals surface area contributed by atoms with Gasteiger partial charge in [-0.3, -0.25) is 4.79 Å². The fourth-order valence-corrected chi connectivity index (χ4v) is 2.17.